The zero-order chi connectivity index (χ0) is 33.7. The summed E-state index contributed by atoms with van der Waals surface area (Å²) >= 11 is 0. The van der Waals surface area contributed by atoms with Crippen LogP contribution in [0, 0.1) is 0 Å². The van der Waals surface area contributed by atoms with Crippen LogP contribution >= 0.6 is 0 Å². The van der Waals surface area contributed by atoms with Crippen LogP contribution in [-0.2, 0) is 0 Å². The number of hydrogen-bond donors (Lipinski definition) is 0. The average Bonchev–Trinajstić information content (AvgIpc) is 3.60. The van der Waals surface area contributed by atoms with E-state index in [1.54, 1.807) is 6.20 Å². The Hall–Kier alpha value is -6.98. The van der Waals surface area contributed by atoms with E-state index in [1.807, 2.05) is 54.6 Å². The second kappa shape index (κ2) is 11.9. The van der Waals surface area contributed by atoms with Crippen LogP contribution in [0.5, 0.6) is 0 Å². The summed E-state index contributed by atoms with van der Waals surface area (Å²) in [6, 6.07) is 56.4. The van der Waals surface area contributed by atoms with E-state index in [2.05, 4.69) is 109 Å². The van der Waals surface area contributed by atoms with Gasteiger partial charge < -0.3 is 4.42 Å². The second-order valence-electron chi connectivity index (χ2n) is 12.7. The molecule has 10 rings (SSSR count). The molecule has 0 amide bonds. The summed E-state index contributed by atoms with van der Waals surface area (Å²) in [4.78, 5) is 19.9. The molecule has 0 saturated carbocycles. The zero-order valence-electron chi connectivity index (χ0n) is 27.4. The maximum atomic E-state index is 6.67. The lowest BCUT2D eigenvalue weighted by atomic mass is 9.96. The van der Waals surface area contributed by atoms with Gasteiger partial charge in [0.1, 0.15) is 16.9 Å². The van der Waals surface area contributed by atoms with E-state index in [-0.39, 0.29) is 0 Å². The third-order valence-electron chi connectivity index (χ3n) is 9.60. The van der Waals surface area contributed by atoms with E-state index in [0.29, 0.717) is 23.2 Å². The Morgan fingerprint density at radius 1 is 0.392 bits per heavy atom. The van der Waals surface area contributed by atoms with E-state index >= 15 is 0 Å². The van der Waals surface area contributed by atoms with Crippen molar-refractivity contribution in [2.45, 2.75) is 0 Å². The lowest BCUT2D eigenvalue weighted by Crippen LogP contribution is -2.01. The molecule has 0 N–H and O–H groups in total. The molecule has 3 aromatic heterocycles. The van der Waals surface area contributed by atoms with Crippen molar-refractivity contribution in [2.75, 3.05) is 0 Å². The summed E-state index contributed by atoms with van der Waals surface area (Å²) in [5, 5.41) is 6.70. The largest absolute Gasteiger partial charge is 0.455 e. The summed E-state index contributed by atoms with van der Waals surface area (Å²) in [7, 11) is 0. The monoisotopic (exact) mass is 652 g/mol. The average molecular weight is 653 g/mol. The molecule has 3 heterocycles. The first-order chi connectivity index (χ1) is 25.3. The summed E-state index contributed by atoms with van der Waals surface area (Å²) < 4.78 is 6.67. The molecule has 5 heteroatoms. The molecule has 238 valence electrons. The highest BCUT2D eigenvalue weighted by molar-refractivity contribution is 6.15. The number of benzene rings is 7. The van der Waals surface area contributed by atoms with Crippen LogP contribution in [0.4, 0.5) is 0 Å². The van der Waals surface area contributed by atoms with Crippen molar-refractivity contribution < 1.29 is 4.42 Å². The molecule has 0 saturated heterocycles. The molecule has 0 fully saturated rings. The molecule has 5 nitrogen and oxygen atoms in total. The van der Waals surface area contributed by atoms with Crippen LogP contribution in [-0.4, -0.2) is 19.9 Å². The van der Waals surface area contributed by atoms with Crippen molar-refractivity contribution in [3.63, 3.8) is 0 Å². The number of fused-ring (bicyclic) bond motifs is 6. The minimum atomic E-state index is 0.488. The Bertz CT molecular complexity index is 2900. The van der Waals surface area contributed by atoms with Gasteiger partial charge in [-0.25, -0.2) is 15.0 Å². The highest BCUT2D eigenvalue weighted by Crippen LogP contribution is 2.40. The van der Waals surface area contributed by atoms with Gasteiger partial charge in [0.25, 0.3) is 0 Å². The van der Waals surface area contributed by atoms with Crippen molar-refractivity contribution >= 4 is 43.5 Å². The zero-order valence-corrected chi connectivity index (χ0v) is 27.4. The molecular formula is C46H28N4O. The smallest absolute Gasteiger partial charge is 0.183 e. The first-order valence-electron chi connectivity index (χ1n) is 17.0. The van der Waals surface area contributed by atoms with Crippen LogP contribution in [0.2, 0.25) is 0 Å². The van der Waals surface area contributed by atoms with Gasteiger partial charge in [-0.15, -0.1) is 0 Å². The van der Waals surface area contributed by atoms with E-state index < -0.39 is 0 Å². The van der Waals surface area contributed by atoms with Gasteiger partial charge in [0.2, 0.25) is 0 Å². The molecule has 0 aliphatic heterocycles. The van der Waals surface area contributed by atoms with Crippen molar-refractivity contribution in [3.8, 4) is 56.5 Å². The van der Waals surface area contributed by atoms with Gasteiger partial charge in [0.15, 0.2) is 17.5 Å². The third-order valence-corrected chi connectivity index (χ3v) is 9.60. The summed E-state index contributed by atoms with van der Waals surface area (Å²) in [6.45, 7) is 0. The molecule has 0 radical (unpaired) electrons. The molecule has 7 aromatic carbocycles. The summed E-state index contributed by atoms with van der Waals surface area (Å²) in [5.41, 5.74) is 8.36. The lowest BCUT2D eigenvalue weighted by Gasteiger charge is -2.09. The second-order valence-corrected chi connectivity index (χ2v) is 12.7. The maximum absolute atomic E-state index is 6.67. The Kier molecular flexibility index (Phi) is 6.74. The SMILES string of the molecule is c1ccc(-c2ccc(-c3nc(-c4ccccc4)nc(-c4nccc5oc6c(-c7ccc8ccc9ccccc9c8c7)cccc6c45)n3)cc2)cc1. The van der Waals surface area contributed by atoms with E-state index in [4.69, 9.17) is 24.4 Å². The maximum Gasteiger partial charge on any atom is 0.183 e. The molecule has 51 heavy (non-hydrogen) atoms. The number of pyridine rings is 1. The van der Waals surface area contributed by atoms with Crippen LogP contribution in [0.15, 0.2) is 174 Å². The van der Waals surface area contributed by atoms with Crippen LogP contribution < -0.4 is 0 Å². The number of para-hydroxylation sites is 1. The normalized spacial score (nSPS) is 11.5. The van der Waals surface area contributed by atoms with Crippen LogP contribution in [0.1, 0.15) is 0 Å². The van der Waals surface area contributed by atoms with Crippen molar-refractivity contribution in [2.24, 2.45) is 0 Å². The van der Waals surface area contributed by atoms with Gasteiger partial charge in [-0.1, -0.05) is 152 Å². The minimum Gasteiger partial charge on any atom is -0.455 e. The number of rotatable bonds is 5. The van der Waals surface area contributed by atoms with Gasteiger partial charge in [-0.2, -0.15) is 0 Å². The molecule has 0 bridgehead atoms. The van der Waals surface area contributed by atoms with Gasteiger partial charge >= 0.3 is 0 Å². The van der Waals surface area contributed by atoms with Gasteiger partial charge in [0.05, 0.1) is 5.39 Å². The first kappa shape index (κ1) is 29.0. The van der Waals surface area contributed by atoms with Crippen molar-refractivity contribution in [3.05, 3.63) is 170 Å². The number of hydrogen-bond acceptors (Lipinski definition) is 5. The quantitative estimate of drug-likeness (QED) is 0.173. The van der Waals surface area contributed by atoms with Crippen LogP contribution in [0.3, 0.4) is 0 Å². The Balaban J connectivity index is 1.15. The summed E-state index contributed by atoms with van der Waals surface area (Å²) in [5.74, 6) is 1.65. The van der Waals surface area contributed by atoms with E-state index in [1.165, 1.54) is 21.5 Å². The third kappa shape index (κ3) is 5.03. The van der Waals surface area contributed by atoms with Crippen LogP contribution in [0.25, 0.3) is 100 Å². The highest BCUT2D eigenvalue weighted by atomic mass is 16.3. The summed E-state index contributed by atoms with van der Waals surface area (Å²) in [6.07, 6.45) is 1.77. The molecule has 10 aromatic rings. The lowest BCUT2D eigenvalue weighted by molar-refractivity contribution is 0.669. The Morgan fingerprint density at radius 3 is 1.75 bits per heavy atom. The molecule has 0 spiro atoms. The van der Waals surface area contributed by atoms with E-state index in [0.717, 1.165) is 55.3 Å². The fourth-order valence-electron chi connectivity index (χ4n) is 7.08. The Morgan fingerprint density at radius 2 is 0.961 bits per heavy atom. The molecule has 0 aliphatic carbocycles. The fourth-order valence-corrected chi connectivity index (χ4v) is 7.08. The van der Waals surface area contributed by atoms with Crippen molar-refractivity contribution in [1.29, 1.82) is 0 Å². The minimum absolute atomic E-state index is 0.488. The molecule has 0 unspecified atom stereocenters. The van der Waals surface area contributed by atoms with Gasteiger partial charge in [0, 0.05) is 28.3 Å². The molecule has 0 aliphatic rings. The molecule has 0 atom stereocenters. The number of aromatic nitrogens is 4. The van der Waals surface area contributed by atoms with Crippen molar-refractivity contribution in [1.82, 2.24) is 19.9 Å². The van der Waals surface area contributed by atoms with Gasteiger partial charge in [-0.05, 0) is 50.4 Å². The van der Waals surface area contributed by atoms with Gasteiger partial charge in [-0.3, -0.25) is 4.98 Å². The number of furan rings is 1. The highest BCUT2D eigenvalue weighted by Gasteiger charge is 2.21. The number of nitrogens with zero attached hydrogens (tertiary/aromatic N) is 4. The predicted octanol–water partition coefficient (Wildman–Crippen LogP) is 11.8. The van der Waals surface area contributed by atoms with E-state index in [9.17, 15) is 0 Å². The predicted molar refractivity (Wildman–Crippen MR) is 207 cm³/mol. The molecular weight excluding hydrogens is 625 g/mol. The topological polar surface area (TPSA) is 64.7 Å². The fraction of sp³-hybridized carbons (Fsp3) is 0. The Labute approximate surface area is 293 Å². The first-order valence-corrected chi connectivity index (χ1v) is 17.0. The standard InChI is InChI=1S/C46H28N4O/c1-3-10-29(11-4-1)30-18-23-34(24-19-30)45-48-44(33-13-5-2-6-14-33)49-46(50-45)42-41-38-17-9-16-37(43(38)51-40(41)26-27-47-42)35-25-22-32-21-20-31-12-7-8-15-36(31)39(32)28-35/h1-28H.